The van der Waals surface area contributed by atoms with Gasteiger partial charge in [-0.3, -0.25) is 9.59 Å². The summed E-state index contributed by atoms with van der Waals surface area (Å²) in [4.78, 5) is 47.0. The molecule has 5 N–H and O–H groups in total. The topological polar surface area (TPSA) is 292 Å². The Morgan fingerprint density at radius 1 is 0.822 bits per heavy atom. The Balaban J connectivity index is 1.50. The van der Waals surface area contributed by atoms with E-state index in [4.69, 9.17) is 16.2 Å². The van der Waals surface area contributed by atoms with Crippen LogP contribution in [0.1, 0.15) is 32.1 Å². The molecule has 5 aromatic rings. The van der Waals surface area contributed by atoms with Crippen LogP contribution < -0.4 is 11.5 Å². The minimum atomic E-state index is -0.827. The zero-order chi connectivity index (χ0) is 32.6. The second-order valence-electron chi connectivity index (χ2n) is 9.08. The third-order valence-corrected chi connectivity index (χ3v) is 6.19. The quantitative estimate of drug-likeness (QED) is 0.0688. The average molecular weight is 618 g/mol. The number of methoxy groups -OCH3 is 1. The van der Waals surface area contributed by atoms with Gasteiger partial charge in [0.15, 0.2) is 40.9 Å². The number of nitrogen functional groups attached to an aromatic ring is 2. The number of carbonyl (C=O) groups excluding carboxylic acids is 3. The van der Waals surface area contributed by atoms with E-state index in [1.165, 1.54) is 35.9 Å². The second-order valence-corrected chi connectivity index (χ2v) is 9.08. The fraction of sp³-hybridized carbons (Fsp3) is 0.217. The van der Waals surface area contributed by atoms with Gasteiger partial charge >= 0.3 is 12.0 Å². The third kappa shape index (κ3) is 5.33. The molecular formula is C23H23N17O5. The van der Waals surface area contributed by atoms with Crippen molar-refractivity contribution in [2.75, 3.05) is 18.6 Å². The van der Waals surface area contributed by atoms with E-state index >= 15 is 0 Å². The van der Waals surface area contributed by atoms with E-state index in [0.717, 1.165) is 9.36 Å². The number of carbonyl (C=O) groups is 3. The number of ketones is 1. The van der Waals surface area contributed by atoms with Gasteiger partial charge in [0.1, 0.15) is 5.56 Å². The van der Waals surface area contributed by atoms with Crippen molar-refractivity contribution in [3.8, 4) is 17.9 Å². The first-order valence-corrected chi connectivity index (χ1v) is 12.6. The van der Waals surface area contributed by atoms with Gasteiger partial charge in [-0.25, -0.2) is 14.2 Å². The van der Waals surface area contributed by atoms with E-state index in [1.54, 1.807) is 20.9 Å². The Morgan fingerprint density at radius 3 is 1.76 bits per heavy atom. The number of anilines is 2. The van der Waals surface area contributed by atoms with Gasteiger partial charge in [-0.05, 0) is 13.8 Å². The Morgan fingerprint density at radius 2 is 1.29 bits per heavy atom. The highest BCUT2D eigenvalue weighted by molar-refractivity contribution is 6.34. The molecule has 0 bridgehead atoms. The van der Waals surface area contributed by atoms with Crippen LogP contribution in [0, 0.1) is 13.8 Å². The molecule has 22 heteroatoms. The number of nitrogens with two attached hydrogens (primary N) is 2. The summed E-state index contributed by atoms with van der Waals surface area (Å²) < 4.78 is 9.48. The third-order valence-electron chi connectivity index (χ3n) is 6.19. The Bertz CT molecular complexity index is 2050. The van der Waals surface area contributed by atoms with Gasteiger partial charge in [0.25, 0.3) is 11.9 Å². The molecule has 5 heterocycles. The number of aryl methyl sites for hydroxylation is 4. The highest BCUT2D eigenvalue weighted by Gasteiger charge is 2.23. The monoisotopic (exact) mass is 617 g/mol. The lowest BCUT2D eigenvalue weighted by molar-refractivity contribution is -0.104. The predicted octanol–water partition coefficient (Wildman–Crippen LogP) is 1.20. The fourth-order valence-corrected chi connectivity index (χ4v) is 3.94. The first-order valence-electron chi connectivity index (χ1n) is 12.6. The van der Waals surface area contributed by atoms with Gasteiger partial charge in [-0.2, -0.15) is 44.7 Å². The molecule has 0 saturated carbocycles. The van der Waals surface area contributed by atoms with Crippen molar-refractivity contribution in [2.45, 2.75) is 13.8 Å². The number of aldehydes is 1. The molecule has 0 saturated heterocycles. The molecule has 0 aliphatic heterocycles. The highest BCUT2D eigenvalue weighted by atomic mass is 16.5. The van der Waals surface area contributed by atoms with Crippen LogP contribution in [0.2, 0.25) is 0 Å². The van der Waals surface area contributed by atoms with Crippen molar-refractivity contribution in [1.82, 2.24) is 54.1 Å². The molecule has 0 atom stereocenters. The van der Waals surface area contributed by atoms with E-state index in [2.05, 4.69) is 55.8 Å². The summed E-state index contributed by atoms with van der Waals surface area (Å²) in [7, 11) is 4.30. The van der Waals surface area contributed by atoms with Crippen LogP contribution >= 0.6 is 0 Å². The number of ether oxygens (including phenoxy) is 1. The minimum Gasteiger partial charge on any atom is -0.479 e. The number of azo groups is 2. The summed E-state index contributed by atoms with van der Waals surface area (Å²) in [6.07, 6.45) is 2.61. The molecule has 0 radical (unpaired) electrons. The summed E-state index contributed by atoms with van der Waals surface area (Å²) in [5.74, 6) is -1.96. The minimum absolute atomic E-state index is 0.0149. The molecule has 0 unspecified atom stereocenters. The molecule has 5 rings (SSSR count). The number of rotatable bonds is 9. The maximum Gasteiger partial charge on any atom is 0.343 e. The van der Waals surface area contributed by atoms with E-state index in [0.29, 0.717) is 5.69 Å². The predicted molar refractivity (Wildman–Crippen MR) is 151 cm³/mol. The van der Waals surface area contributed by atoms with E-state index in [1.807, 2.05) is 0 Å². The van der Waals surface area contributed by atoms with Crippen LogP contribution in [0.15, 0.2) is 32.9 Å². The van der Waals surface area contributed by atoms with Crippen LogP contribution in [0.4, 0.5) is 34.6 Å². The first kappa shape index (κ1) is 29.7. The van der Waals surface area contributed by atoms with Crippen LogP contribution in [-0.4, -0.2) is 84.3 Å². The van der Waals surface area contributed by atoms with Crippen LogP contribution in [0.5, 0.6) is 6.01 Å². The molecule has 5 aromatic heterocycles. The molecule has 0 aliphatic rings. The molecule has 0 spiro atoms. The van der Waals surface area contributed by atoms with Gasteiger partial charge in [0, 0.05) is 14.1 Å². The largest absolute Gasteiger partial charge is 0.479 e. The van der Waals surface area contributed by atoms with Gasteiger partial charge in [-0.15, -0.1) is 20.5 Å². The molecule has 0 fully saturated rings. The number of hydrogen-bond acceptors (Lipinski definition) is 18. The number of hydrogen-bond donors (Lipinski definition) is 3. The van der Waals surface area contributed by atoms with Gasteiger partial charge in [0.2, 0.25) is 5.78 Å². The molecule has 0 aliphatic carbocycles. The maximum atomic E-state index is 12.0. The lowest BCUT2D eigenvalue weighted by atomic mass is 10.2. The maximum absolute atomic E-state index is 12.0. The van der Waals surface area contributed by atoms with Crippen LogP contribution in [0.3, 0.4) is 0 Å². The molecule has 0 aromatic carbocycles. The lowest BCUT2D eigenvalue weighted by Crippen LogP contribution is -2.13. The molecular weight excluding hydrogens is 594 g/mol. The van der Waals surface area contributed by atoms with Gasteiger partial charge < -0.3 is 21.3 Å². The molecule has 0 amide bonds. The summed E-state index contributed by atoms with van der Waals surface area (Å²) >= 11 is 0. The summed E-state index contributed by atoms with van der Waals surface area (Å²) in [5, 5.41) is 43.2. The normalized spacial score (nSPS) is 11.6. The summed E-state index contributed by atoms with van der Waals surface area (Å²) in [5.41, 5.74) is 13.4. The smallest absolute Gasteiger partial charge is 0.343 e. The van der Waals surface area contributed by atoms with Crippen molar-refractivity contribution >= 4 is 52.7 Å². The van der Waals surface area contributed by atoms with Crippen molar-refractivity contribution in [3.05, 3.63) is 34.9 Å². The molecule has 230 valence electrons. The van der Waals surface area contributed by atoms with E-state index in [9.17, 15) is 19.5 Å². The van der Waals surface area contributed by atoms with Crippen molar-refractivity contribution in [2.24, 2.45) is 34.6 Å². The van der Waals surface area contributed by atoms with E-state index < -0.39 is 17.8 Å². The number of aromatic nitrogens is 11. The number of esters is 1. The van der Waals surface area contributed by atoms with Gasteiger partial charge in [0.05, 0.1) is 36.5 Å². The van der Waals surface area contributed by atoms with E-state index in [-0.39, 0.29) is 69.6 Å². The average Bonchev–Trinajstić information content (AvgIpc) is 3.73. The number of aromatic hydroxyl groups is 1. The van der Waals surface area contributed by atoms with Crippen LogP contribution in [-0.2, 0) is 23.6 Å². The summed E-state index contributed by atoms with van der Waals surface area (Å²) in [6, 6.07) is -0.717. The SMILES string of the molecule is COC(=O)c1cnn(C)c1/N=N/c1c(C)nn(-c2nc(O)nc(-n3nc(C)c(/N=N/c4c(C(=O)C=O)cnn4C)c3N)n2)c1N. The first-order chi connectivity index (χ1) is 21.4. The Labute approximate surface area is 251 Å². The Hall–Kier alpha value is -6.74. The molecule has 45 heavy (non-hydrogen) atoms. The number of nitrogens with zero attached hydrogens (tertiary/aromatic N) is 15. The highest BCUT2D eigenvalue weighted by Crippen LogP contribution is 2.33. The summed E-state index contributed by atoms with van der Waals surface area (Å²) in [6.45, 7) is 3.17. The van der Waals surface area contributed by atoms with Crippen LogP contribution in [0.25, 0.3) is 11.9 Å². The van der Waals surface area contributed by atoms with Crippen molar-refractivity contribution in [1.29, 1.82) is 0 Å². The Kier molecular flexibility index (Phi) is 7.60. The zero-order valence-corrected chi connectivity index (χ0v) is 24.2. The lowest BCUT2D eigenvalue weighted by Gasteiger charge is -2.06. The van der Waals surface area contributed by atoms with Crippen molar-refractivity contribution in [3.63, 3.8) is 0 Å². The second kappa shape index (κ2) is 11.5. The van der Waals surface area contributed by atoms with Crippen molar-refractivity contribution < 1.29 is 24.2 Å². The van der Waals surface area contributed by atoms with Gasteiger partial charge in [-0.1, -0.05) is 0 Å². The molecule has 22 nitrogen and oxygen atoms in total. The standard InChI is InChI=1S/C23H23N17O5/c1-9-14(31-33-18-11(13(42)8-41)6-26-37(18)3)16(24)39(35-9)21-28-22(30-23(44)29-21)40-17(25)15(10(2)36-40)32-34-19-12(20(43)45-5)7-27-38(19)4/h6-8H,24-25H2,1-5H3,(H,28,29,30,44)/b33-31+,34-32+. The number of Topliss-reactive ketones (excluding diaryl/α,β-unsaturated/α-hetero) is 1. The zero-order valence-electron chi connectivity index (χ0n) is 24.2. The fourth-order valence-electron chi connectivity index (χ4n) is 3.94.